The van der Waals surface area contributed by atoms with Gasteiger partial charge in [0.15, 0.2) is 17.3 Å². The maximum Gasteiger partial charge on any atom is 0.259 e. The molecule has 10 nitrogen and oxygen atoms in total. The quantitative estimate of drug-likeness (QED) is 0.356. The fraction of sp³-hybridized carbons (Fsp3) is 0.148. The average Bonchev–Trinajstić information content (AvgIpc) is 3.56. The first kappa shape index (κ1) is 23.7. The molecule has 0 fully saturated rings. The summed E-state index contributed by atoms with van der Waals surface area (Å²) in [6.45, 7) is 3.78. The number of carbonyl (C=O) groups is 1. The number of aryl methyl sites for hydroxylation is 2. The lowest BCUT2D eigenvalue weighted by molar-refractivity contribution is 0.102. The monoisotopic (exact) mass is 495 g/mol. The highest BCUT2D eigenvalue weighted by Crippen LogP contribution is 2.34. The van der Waals surface area contributed by atoms with Crippen LogP contribution in [-0.4, -0.2) is 50.1 Å². The fourth-order valence-corrected chi connectivity index (χ4v) is 4.02. The Morgan fingerprint density at radius 2 is 1.70 bits per heavy atom. The van der Waals surface area contributed by atoms with E-state index in [1.807, 2.05) is 68.4 Å². The second-order valence-corrected chi connectivity index (χ2v) is 8.33. The van der Waals surface area contributed by atoms with E-state index in [4.69, 9.17) is 14.6 Å². The summed E-state index contributed by atoms with van der Waals surface area (Å²) in [6, 6.07) is 20.6. The summed E-state index contributed by atoms with van der Waals surface area (Å²) in [4.78, 5) is 13.6. The summed E-state index contributed by atoms with van der Waals surface area (Å²) in [5, 5.41) is 19.5. The number of benzene rings is 3. The molecule has 1 N–H and O–H groups in total. The third-order valence-electron chi connectivity index (χ3n) is 5.96. The summed E-state index contributed by atoms with van der Waals surface area (Å²) < 4.78 is 14.2. The van der Waals surface area contributed by atoms with Crippen LogP contribution in [0.4, 0.5) is 5.69 Å². The minimum Gasteiger partial charge on any atom is -0.493 e. The molecule has 0 saturated heterocycles. The van der Waals surface area contributed by atoms with E-state index in [0.29, 0.717) is 39.8 Å². The average molecular weight is 496 g/mol. The van der Waals surface area contributed by atoms with Gasteiger partial charge in [0.25, 0.3) is 5.91 Å². The van der Waals surface area contributed by atoms with E-state index in [2.05, 4.69) is 20.8 Å². The van der Waals surface area contributed by atoms with Crippen molar-refractivity contribution in [2.45, 2.75) is 13.8 Å². The smallest absolute Gasteiger partial charge is 0.259 e. The zero-order valence-electron chi connectivity index (χ0n) is 20.8. The zero-order valence-corrected chi connectivity index (χ0v) is 20.8. The summed E-state index contributed by atoms with van der Waals surface area (Å²) >= 11 is 0. The van der Waals surface area contributed by atoms with E-state index in [1.165, 1.54) is 0 Å². The molecule has 10 heteroatoms. The fourth-order valence-electron chi connectivity index (χ4n) is 4.02. The van der Waals surface area contributed by atoms with Crippen LogP contribution >= 0.6 is 0 Å². The minimum atomic E-state index is -0.310. The van der Waals surface area contributed by atoms with Gasteiger partial charge in [-0.05, 0) is 72.3 Å². The molecule has 5 rings (SSSR count). The molecule has 0 aliphatic rings. The number of tetrazole rings is 1. The zero-order chi connectivity index (χ0) is 25.9. The molecule has 5 aromatic rings. The highest BCUT2D eigenvalue weighted by atomic mass is 16.5. The number of aromatic nitrogens is 6. The van der Waals surface area contributed by atoms with E-state index in [1.54, 1.807) is 41.9 Å². The molecule has 0 unspecified atom stereocenters. The Hall–Kier alpha value is -4.99. The highest BCUT2D eigenvalue weighted by molar-refractivity contribution is 6.08. The van der Waals surface area contributed by atoms with Gasteiger partial charge >= 0.3 is 0 Å². The van der Waals surface area contributed by atoms with E-state index in [9.17, 15) is 4.79 Å². The second kappa shape index (κ2) is 9.94. The van der Waals surface area contributed by atoms with Crippen molar-refractivity contribution in [1.82, 2.24) is 30.0 Å². The summed E-state index contributed by atoms with van der Waals surface area (Å²) in [5.74, 6) is 1.46. The number of ether oxygens (including phenoxy) is 2. The number of nitrogens with zero attached hydrogens (tertiary/aromatic N) is 6. The number of nitrogens with one attached hydrogen (secondary N) is 1. The first-order chi connectivity index (χ1) is 18.0. The predicted octanol–water partition coefficient (Wildman–Crippen LogP) is 4.40. The number of methoxy groups -OCH3 is 2. The normalized spacial score (nSPS) is 10.8. The van der Waals surface area contributed by atoms with Gasteiger partial charge < -0.3 is 14.8 Å². The van der Waals surface area contributed by atoms with Gasteiger partial charge in [-0.15, -0.1) is 5.10 Å². The maximum absolute atomic E-state index is 13.6. The summed E-state index contributed by atoms with van der Waals surface area (Å²) in [5.41, 5.74) is 4.80. The van der Waals surface area contributed by atoms with E-state index in [0.717, 1.165) is 16.9 Å². The number of carbonyl (C=O) groups excluding carboxylic acids is 1. The molecular weight excluding hydrogens is 470 g/mol. The molecule has 0 bridgehead atoms. The highest BCUT2D eigenvalue weighted by Gasteiger charge is 2.21. The Morgan fingerprint density at radius 3 is 2.41 bits per heavy atom. The Balaban J connectivity index is 1.55. The lowest BCUT2D eigenvalue weighted by atomic mass is 10.1. The summed E-state index contributed by atoms with van der Waals surface area (Å²) in [7, 11) is 3.15. The maximum atomic E-state index is 13.6. The molecule has 186 valence electrons. The number of hydrogen-bond acceptors (Lipinski definition) is 7. The molecule has 0 aliphatic heterocycles. The largest absolute Gasteiger partial charge is 0.493 e. The van der Waals surface area contributed by atoms with Crippen LogP contribution in [0, 0.1) is 13.8 Å². The van der Waals surface area contributed by atoms with Crippen molar-refractivity contribution < 1.29 is 14.3 Å². The van der Waals surface area contributed by atoms with Gasteiger partial charge in [0, 0.05) is 17.4 Å². The minimum absolute atomic E-state index is 0.310. The first-order valence-corrected chi connectivity index (χ1v) is 11.5. The van der Waals surface area contributed by atoms with Gasteiger partial charge in [0.2, 0.25) is 0 Å². The molecule has 2 aromatic heterocycles. The molecule has 37 heavy (non-hydrogen) atoms. The van der Waals surface area contributed by atoms with Crippen molar-refractivity contribution in [3.63, 3.8) is 0 Å². The number of anilines is 1. The van der Waals surface area contributed by atoms with Gasteiger partial charge in [-0.2, -0.15) is 9.78 Å². The van der Waals surface area contributed by atoms with Crippen LogP contribution in [0.25, 0.3) is 22.6 Å². The van der Waals surface area contributed by atoms with Crippen LogP contribution in [0.2, 0.25) is 0 Å². The number of para-hydroxylation sites is 1. The third-order valence-corrected chi connectivity index (χ3v) is 5.96. The SMILES string of the molecule is COc1ccc(-c2nn(-c3ccccc3)cc2C(=O)Nc2ccc(C)c(-n3nnnc3C)c2)cc1OC. The van der Waals surface area contributed by atoms with Crippen LogP contribution in [0.15, 0.2) is 72.9 Å². The lowest BCUT2D eigenvalue weighted by Gasteiger charge is -2.11. The Kier molecular flexibility index (Phi) is 6.38. The molecule has 2 heterocycles. The molecule has 0 atom stereocenters. The number of rotatable bonds is 7. The van der Waals surface area contributed by atoms with Crippen LogP contribution in [0.1, 0.15) is 21.7 Å². The van der Waals surface area contributed by atoms with E-state index >= 15 is 0 Å². The molecule has 0 spiro atoms. The van der Waals surface area contributed by atoms with Gasteiger partial charge in [0.1, 0.15) is 5.69 Å². The van der Waals surface area contributed by atoms with Crippen molar-refractivity contribution >= 4 is 11.6 Å². The van der Waals surface area contributed by atoms with Gasteiger partial charge in [0.05, 0.1) is 31.2 Å². The molecule has 0 saturated carbocycles. The topological polar surface area (TPSA) is 109 Å². The van der Waals surface area contributed by atoms with Crippen LogP contribution in [0.3, 0.4) is 0 Å². The van der Waals surface area contributed by atoms with Crippen molar-refractivity contribution in [1.29, 1.82) is 0 Å². The van der Waals surface area contributed by atoms with Gasteiger partial charge in [-0.1, -0.05) is 24.3 Å². The van der Waals surface area contributed by atoms with Crippen molar-refractivity contribution in [3.8, 4) is 34.1 Å². The predicted molar refractivity (Wildman–Crippen MR) is 139 cm³/mol. The Labute approximate surface area is 213 Å². The lowest BCUT2D eigenvalue weighted by Crippen LogP contribution is -2.13. The third kappa shape index (κ3) is 4.64. The van der Waals surface area contributed by atoms with E-state index < -0.39 is 0 Å². The van der Waals surface area contributed by atoms with Crippen molar-refractivity contribution in [3.05, 3.63) is 89.9 Å². The van der Waals surface area contributed by atoms with Crippen LogP contribution in [0.5, 0.6) is 11.5 Å². The first-order valence-electron chi connectivity index (χ1n) is 11.5. The number of amides is 1. The molecule has 0 radical (unpaired) electrons. The molecule has 1 amide bonds. The Morgan fingerprint density at radius 1 is 0.919 bits per heavy atom. The molecule has 0 aliphatic carbocycles. The van der Waals surface area contributed by atoms with Crippen LogP contribution in [-0.2, 0) is 0 Å². The second-order valence-electron chi connectivity index (χ2n) is 8.33. The standard InChI is InChI=1S/C27H25N7O3/c1-17-10-12-20(15-23(17)34-18(2)29-31-32-34)28-27(35)22-16-33(21-8-6-5-7-9-21)30-26(22)19-11-13-24(36-3)25(14-19)37-4/h5-16H,1-4H3,(H,28,35). The van der Waals surface area contributed by atoms with Crippen LogP contribution < -0.4 is 14.8 Å². The summed E-state index contributed by atoms with van der Waals surface area (Å²) in [6.07, 6.45) is 1.72. The van der Waals surface area contributed by atoms with Gasteiger partial charge in [-0.3, -0.25) is 4.79 Å². The van der Waals surface area contributed by atoms with Gasteiger partial charge in [-0.25, -0.2) is 4.68 Å². The number of hydrogen-bond donors (Lipinski definition) is 1. The van der Waals surface area contributed by atoms with Crippen molar-refractivity contribution in [2.24, 2.45) is 0 Å². The molecule has 3 aromatic carbocycles. The van der Waals surface area contributed by atoms with E-state index in [-0.39, 0.29) is 5.91 Å². The molecular formula is C27H25N7O3. The van der Waals surface area contributed by atoms with Crippen molar-refractivity contribution in [2.75, 3.05) is 19.5 Å². The Bertz CT molecular complexity index is 1570.